The smallest absolute Gasteiger partial charge is 0.226 e. The third-order valence-electron chi connectivity index (χ3n) is 7.16. The molecule has 31 heavy (non-hydrogen) atoms. The molecule has 4 rings (SSSR count). The van der Waals surface area contributed by atoms with E-state index in [1.54, 1.807) is 0 Å². The number of likely N-dealkylation sites (tertiary alicyclic amines) is 1. The van der Waals surface area contributed by atoms with Crippen LogP contribution in [0, 0.1) is 11.3 Å². The van der Waals surface area contributed by atoms with Gasteiger partial charge in [-0.05, 0) is 55.7 Å². The Hall–Kier alpha value is -2.62. The van der Waals surface area contributed by atoms with Crippen molar-refractivity contribution in [3.05, 3.63) is 60.2 Å². The summed E-state index contributed by atoms with van der Waals surface area (Å²) >= 11 is 0. The average Bonchev–Trinajstić information content (AvgIpc) is 3.35. The zero-order chi connectivity index (χ0) is 21.7. The van der Waals surface area contributed by atoms with Crippen molar-refractivity contribution >= 4 is 11.8 Å². The predicted octanol–water partition coefficient (Wildman–Crippen LogP) is 4.83. The summed E-state index contributed by atoms with van der Waals surface area (Å²) in [7, 11) is 0. The zero-order valence-corrected chi connectivity index (χ0v) is 18.6. The number of piperidine rings is 1. The van der Waals surface area contributed by atoms with Crippen molar-refractivity contribution in [2.45, 2.75) is 51.9 Å². The SMILES string of the molecule is CCNC(=O)C1(Cc2ccc(-c3ccccc3)cc2)CCN(C(=O)C2CCCC2)CC1. The minimum Gasteiger partial charge on any atom is -0.356 e. The van der Waals surface area contributed by atoms with E-state index in [0.29, 0.717) is 25.5 Å². The Morgan fingerprint density at radius 2 is 1.55 bits per heavy atom. The number of hydrogen-bond acceptors (Lipinski definition) is 2. The Balaban J connectivity index is 1.47. The Bertz CT molecular complexity index is 877. The van der Waals surface area contributed by atoms with Crippen LogP contribution in [0.2, 0.25) is 0 Å². The van der Waals surface area contributed by atoms with Gasteiger partial charge in [-0.3, -0.25) is 9.59 Å². The van der Waals surface area contributed by atoms with Crippen LogP contribution in [0.4, 0.5) is 0 Å². The molecule has 2 fully saturated rings. The van der Waals surface area contributed by atoms with Gasteiger partial charge in [-0.25, -0.2) is 0 Å². The second-order valence-electron chi connectivity index (χ2n) is 9.19. The molecular formula is C27H34N2O2. The highest BCUT2D eigenvalue weighted by atomic mass is 16.2. The van der Waals surface area contributed by atoms with Gasteiger partial charge in [0, 0.05) is 25.6 Å². The number of nitrogens with one attached hydrogen (secondary N) is 1. The molecule has 2 aliphatic rings. The minimum atomic E-state index is -0.434. The fourth-order valence-corrected chi connectivity index (χ4v) is 5.25. The minimum absolute atomic E-state index is 0.134. The molecule has 2 aromatic rings. The van der Waals surface area contributed by atoms with Gasteiger partial charge in [0.05, 0.1) is 5.41 Å². The van der Waals surface area contributed by atoms with Crippen molar-refractivity contribution in [3.8, 4) is 11.1 Å². The molecule has 1 saturated heterocycles. The second kappa shape index (κ2) is 9.67. The van der Waals surface area contributed by atoms with Crippen molar-refractivity contribution in [1.82, 2.24) is 10.2 Å². The monoisotopic (exact) mass is 418 g/mol. The Morgan fingerprint density at radius 1 is 0.935 bits per heavy atom. The maximum atomic E-state index is 13.1. The van der Waals surface area contributed by atoms with Crippen LogP contribution in [0.1, 0.15) is 51.0 Å². The fourth-order valence-electron chi connectivity index (χ4n) is 5.25. The molecule has 0 unspecified atom stereocenters. The van der Waals surface area contributed by atoms with Crippen molar-refractivity contribution in [1.29, 1.82) is 0 Å². The normalized spacial score (nSPS) is 18.7. The standard InChI is InChI=1S/C27H34N2O2/c1-2-28-26(31)27(16-18-29(19-17-27)25(30)24-10-6-7-11-24)20-21-12-14-23(15-13-21)22-8-4-3-5-9-22/h3-5,8-9,12-15,24H,2,6-7,10-11,16-20H2,1H3,(H,28,31). The molecule has 2 amide bonds. The topological polar surface area (TPSA) is 49.4 Å². The number of amides is 2. The van der Waals surface area contributed by atoms with Gasteiger partial charge in [-0.1, -0.05) is 67.4 Å². The molecule has 1 N–H and O–H groups in total. The highest BCUT2D eigenvalue weighted by Gasteiger charge is 2.43. The predicted molar refractivity (Wildman–Crippen MR) is 124 cm³/mol. The van der Waals surface area contributed by atoms with Crippen LogP contribution in [-0.2, 0) is 16.0 Å². The third kappa shape index (κ3) is 4.84. The second-order valence-corrected chi connectivity index (χ2v) is 9.19. The number of carbonyl (C=O) groups excluding carboxylic acids is 2. The first-order chi connectivity index (χ1) is 15.1. The summed E-state index contributed by atoms with van der Waals surface area (Å²) in [5.41, 5.74) is 3.14. The van der Waals surface area contributed by atoms with Gasteiger partial charge < -0.3 is 10.2 Å². The molecule has 0 bridgehead atoms. The van der Waals surface area contributed by atoms with Crippen molar-refractivity contribution in [3.63, 3.8) is 0 Å². The molecule has 4 heteroatoms. The van der Waals surface area contributed by atoms with Crippen molar-refractivity contribution in [2.24, 2.45) is 11.3 Å². The van der Waals surface area contributed by atoms with Crippen LogP contribution >= 0.6 is 0 Å². The van der Waals surface area contributed by atoms with E-state index in [0.717, 1.165) is 32.1 Å². The summed E-state index contributed by atoms with van der Waals surface area (Å²) in [5.74, 6) is 0.659. The van der Waals surface area contributed by atoms with Crippen LogP contribution in [0.5, 0.6) is 0 Å². The largest absolute Gasteiger partial charge is 0.356 e. The van der Waals surface area contributed by atoms with E-state index >= 15 is 0 Å². The van der Waals surface area contributed by atoms with Gasteiger partial charge in [0.15, 0.2) is 0 Å². The summed E-state index contributed by atoms with van der Waals surface area (Å²) in [6.45, 7) is 3.99. The molecule has 1 saturated carbocycles. The molecule has 0 atom stereocenters. The molecule has 4 nitrogen and oxygen atoms in total. The van der Waals surface area contributed by atoms with Crippen LogP contribution in [0.25, 0.3) is 11.1 Å². The number of hydrogen-bond donors (Lipinski definition) is 1. The lowest BCUT2D eigenvalue weighted by Crippen LogP contribution is -2.52. The molecule has 0 spiro atoms. The first kappa shape index (κ1) is 21.6. The van der Waals surface area contributed by atoms with Crippen molar-refractivity contribution in [2.75, 3.05) is 19.6 Å². The molecule has 0 radical (unpaired) electrons. The summed E-state index contributed by atoms with van der Waals surface area (Å²) in [5, 5.41) is 3.07. The first-order valence-corrected chi connectivity index (χ1v) is 11.8. The van der Waals surface area contributed by atoms with Crippen LogP contribution in [-0.4, -0.2) is 36.3 Å². The highest BCUT2D eigenvalue weighted by Crippen LogP contribution is 2.37. The van der Waals surface area contributed by atoms with E-state index in [4.69, 9.17) is 0 Å². The maximum absolute atomic E-state index is 13.1. The van der Waals surface area contributed by atoms with Gasteiger partial charge in [0.2, 0.25) is 11.8 Å². The molecule has 1 heterocycles. The van der Waals surface area contributed by atoms with E-state index in [1.807, 2.05) is 30.0 Å². The number of benzene rings is 2. The summed E-state index contributed by atoms with van der Waals surface area (Å²) in [4.78, 5) is 28.0. The van der Waals surface area contributed by atoms with Gasteiger partial charge in [-0.15, -0.1) is 0 Å². The van der Waals surface area contributed by atoms with Gasteiger partial charge in [0.25, 0.3) is 0 Å². The van der Waals surface area contributed by atoms with Gasteiger partial charge >= 0.3 is 0 Å². The lowest BCUT2D eigenvalue weighted by Gasteiger charge is -2.41. The molecule has 164 valence electrons. The van der Waals surface area contributed by atoms with E-state index in [9.17, 15) is 9.59 Å². The summed E-state index contributed by atoms with van der Waals surface area (Å²) in [6, 6.07) is 19.0. The lowest BCUT2D eigenvalue weighted by atomic mass is 9.72. The molecule has 1 aliphatic carbocycles. The number of rotatable bonds is 6. The van der Waals surface area contributed by atoms with Crippen LogP contribution in [0.3, 0.4) is 0 Å². The van der Waals surface area contributed by atoms with Crippen LogP contribution in [0.15, 0.2) is 54.6 Å². The quantitative estimate of drug-likeness (QED) is 0.730. The molecule has 1 aliphatic heterocycles. The average molecular weight is 419 g/mol. The van der Waals surface area contributed by atoms with Gasteiger partial charge in [-0.2, -0.15) is 0 Å². The first-order valence-electron chi connectivity index (χ1n) is 11.8. The lowest BCUT2D eigenvalue weighted by molar-refractivity contribution is -0.143. The molecule has 0 aromatic heterocycles. The number of nitrogens with zero attached hydrogens (tertiary/aromatic N) is 1. The van der Waals surface area contributed by atoms with E-state index in [2.05, 4.69) is 41.7 Å². The Labute approximate surface area is 186 Å². The summed E-state index contributed by atoms with van der Waals surface area (Å²) in [6.07, 6.45) is 6.60. The molecule has 2 aromatic carbocycles. The van der Waals surface area contributed by atoms with Gasteiger partial charge in [0.1, 0.15) is 0 Å². The van der Waals surface area contributed by atoms with E-state index in [1.165, 1.54) is 29.5 Å². The van der Waals surface area contributed by atoms with E-state index in [-0.39, 0.29) is 11.8 Å². The Kier molecular flexibility index (Phi) is 6.74. The molecular weight excluding hydrogens is 384 g/mol. The van der Waals surface area contributed by atoms with Crippen molar-refractivity contribution < 1.29 is 9.59 Å². The van der Waals surface area contributed by atoms with E-state index < -0.39 is 5.41 Å². The summed E-state index contributed by atoms with van der Waals surface area (Å²) < 4.78 is 0. The number of carbonyl (C=O) groups is 2. The Morgan fingerprint density at radius 3 is 2.16 bits per heavy atom. The third-order valence-corrected chi connectivity index (χ3v) is 7.16. The maximum Gasteiger partial charge on any atom is 0.226 e. The highest BCUT2D eigenvalue weighted by molar-refractivity contribution is 5.84. The van der Waals surface area contributed by atoms with Crippen LogP contribution < -0.4 is 5.32 Å². The zero-order valence-electron chi connectivity index (χ0n) is 18.6. The fraction of sp³-hybridized carbons (Fsp3) is 0.481.